The Balaban J connectivity index is 1.08. The van der Waals surface area contributed by atoms with E-state index < -0.39 is 22.9 Å². The van der Waals surface area contributed by atoms with Gasteiger partial charge in [-0.3, -0.25) is 14.7 Å². The molecule has 15 nitrogen and oxygen atoms in total. The van der Waals surface area contributed by atoms with E-state index in [0.29, 0.717) is 52.3 Å². The van der Waals surface area contributed by atoms with Crippen LogP contribution in [0.4, 0.5) is 23.3 Å². The quantitative estimate of drug-likeness (QED) is 0.0744. The van der Waals surface area contributed by atoms with Gasteiger partial charge >= 0.3 is 12.0 Å². The maximum Gasteiger partial charge on any atom is 0.340 e. The van der Waals surface area contributed by atoms with Crippen molar-refractivity contribution in [1.29, 1.82) is 0 Å². The lowest BCUT2D eigenvalue weighted by molar-refractivity contribution is -0.122. The van der Waals surface area contributed by atoms with Crippen molar-refractivity contribution in [3.05, 3.63) is 137 Å². The molecule has 4 heterocycles. The van der Waals surface area contributed by atoms with Gasteiger partial charge in [0.2, 0.25) is 17.8 Å². The monoisotopic (exact) mass is 808 g/mol. The first-order valence-electron chi connectivity index (χ1n) is 19.5. The summed E-state index contributed by atoms with van der Waals surface area (Å²) in [6.45, 7) is 9.16. The summed E-state index contributed by atoms with van der Waals surface area (Å²) in [4.78, 5) is 47.5. The number of benzene rings is 4. The minimum absolute atomic E-state index is 0.0239. The third-order valence-corrected chi connectivity index (χ3v) is 11.1. The highest BCUT2D eigenvalue weighted by atomic mass is 16.6. The molecular formula is C45H44N8O7. The van der Waals surface area contributed by atoms with Crippen LogP contribution in [0.5, 0.6) is 29.0 Å². The summed E-state index contributed by atoms with van der Waals surface area (Å²) in [5, 5.41) is 26.9. The van der Waals surface area contributed by atoms with Crippen LogP contribution in [0.3, 0.4) is 0 Å². The van der Waals surface area contributed by atoms with Crippen LogP contribution in [-0.2, 0) is 20.5 Å². The van der Waals surface area contributed by atoms with E-state index in [1.807, 2.05) is 42.5 Å². The van der Waals surface area contributed by atoms with Crippen LogP contribution in [-0.4, -0.2) is 72.7 Å². The Kier molecular flexibility index (Phi) is 10.2. The number of nitrogens with one attached hydrogen (secondary N) is 2. The third kappa shape index (κ3) is 6.91. The third-order valence-electron chi connectivity index (χ3n) is 11.1. The number of phenolic OH excluding ortho intramolecular Hbond substituents is 2. The summed E-state index contributed by atoms with van der Waals surface area (Å²) in [6.07, 6.45) is 2.09. The van der Waals surface area contributed by atoms with Crippen molar-refractivity contribution >= 4 is 35.1 Å². The number of methoxy groups -OCH3 is 1. The van der Waals surface area contributed by atoms with Crippen molar-refractivity contribution in [2.75, 3.05) is 24.3 Å². The van der Waals surface area contributed by atoms with E-state index in [-0.39, 0.29) is 58.6 Å². The molecule has 6 aromatic rings. The Bertz CT molecular complexity index is 2540. The largest absolute Gasteiger partial charge is 0.508 e. The van der Waals surface area contributed by atoms with Crippen LogP contribution in [0, 0.1) is 0 Å². The van der Waals surface area contributed by atoms with E-state index >= 15 is 0 Å². The molecule has 0 fully saturated rings. The number of pyridine rings is 1. The summed E-state index contributed by atoms with van der Waals surface area (Å²) in [5.74, 6) is -0.311. The summed E-state index contributed by atoms with van der Waals surface area (Å²) >= 11 is 0. The average Bonchev–Trinajstić information content (AvgIpc) is 3.50. The second-order valence-corrected chi connectivity index (χ2v) is 15.3. The number of hydrogen-bond donors (Lipinski definition) is 5. The first-order valence-corrected chi connectivity index (χ1v) is 19.5. The molecule has 2 aliphatic heterocycles. The van der Waals surface area contributed by atoms with Crippen molar-refractivity contribution in [2.45, 2.75) is 57.2 Å². The normalized spacial score (nSPS) is 14.5. The summed E-state index contributed by atoms with van der Waals surface area (Å²) in [7, 11) is 1.44. The minimum atomic E-state index is -1.41. The highest BCUT2D eigenvalue weighted by molar-refractivity contribution is 5.98. The number of phenols is 2. The lowest BCUT2D eigenvalue weighted by Crippen LogP contribution is -2.47. The maximum atomic E-state index is 13.7. The number of nitrogens with two attached hydrogens (primary N) is 1. The zero-order chi connectivity index (χ0) is 42.3. The molecule has 15 heteroatoms. The van der Waals surface area contributed by atoms with Gasteiger partial charge in [-0.25, -0.2) is 4.79 Å². The molecule has 306 valence electrons. The molecule has 0 saturated heterocycles. The number of rotatable bonds is 13. The molecule has 6 N–H and O–H groups in total. The molecule has 4 aromatic carbocycles. The first-order chi connectivity index (χ1) is 28.8. The number of aromatic nitrogens is 4. The summed E-state index contributed by atoms with van der Waals surface area (Å²) in [5.41, 5.74) is 7.86. The van der Waals surface area contributed by atoms with E-state index in [9.17, 15) is 19.8 Å². The van der Waals surface area contributed by atoms with Gasteiger partial charge in [0, 0.05) is 65.0 Å². The molecule has 0 radical (unpaired) electrons. The predicted molar refractivity (Wildman–Crippen MR) is 223 cm³/mol. The maximum absolute atomic E-state index is 13.7. The predicted octanol–water partition coefficient (Wildman–Crippen LogP) is 7.02. The smallest absolute Gasteiger partial charge is 0.340 e. The zero-order valence-electron chi connectivity index (χ0n) is 33.6. The number of fused-ring (bicyclic) bond motifs is 6. The molecule has 0 bridgehead atoms. The van der Waals surface area contributed by atoms with Crippen LogP contribution in [0.15, 0.2) is 103 Å². The standard InChI is InChI=1S/C45H44N8O7/c1-25(2)53(26(3)4)21-19-44(40(46)57,38-8-6-7-20-47-38)27-9-11-28(12-10-27)48-41-50-42(52-43(51-41)58-5)49-29-13-16-33-32(22-29)39(56)60-45(33)34-17-14-30(54)23-36(34)59-37-24-31(55)15-18-35(37)45/h6-18,20,22-26,54-55H,19,21H2,1-5H3,(H2,46,57)(H2,48,49,50,51,52). The van der Waals surface area contributed by atoms with Crippen molar-refractivity contribution < 1.29 is 34.0 Å². The number of esters is 1. The number of amides is 1. The fourth-order valence-electron chi connectivity index (χ4n) is 8.28. The van der Waals surface area contributed by atoms with Gasteiger partial charge in [0.25, 0.3) is 0 Å². The van der Waals surface area contributed by atoms with Crippen molar-refractivity contribution in [1.82, 2.24) is 24.8 Å². The van der Waals surface area contributed by atoms with Gasteiger partial charge in [-0.15, -0.1) is 0 Å². The van der Waals surface area contributed by atoms with E-state index in [2.05, 4.69) is 63.2 Å². The molecule has 60 heavy (non-hydrogen) atoms. The molecule has 1 spiro atoms. The zero-order valence-corrected chi connectivity index (χ0v) is 33.6. The van der Waals surface area contributed by atoms with Crippen molar-refractivity contribution in [2.24, 2.45) is 5.73 Å². The van der Waals surface area contributed by atoms with Crippen molar-refractivity contribution in [3.8, 4) is 29.0 Å². The number of carbonyl (C=O) groups excluding carboxylic acids is 2. The molecule has 2 aliphatic rings. The Morgan fingerprint density at radius 2 is 1.42 bits per heavy atom. The molecule has 8 rings (SSSR count). The number of aromatic hydroxyl groups is 2. The van der Waals surface area contributed by atoms with Gasteiger partial charge in [-0.05, 0) is 100 Å². The number of primary amides is 1. The first kappa shape index (κ1) is 39.6. The fraction of sp³-hybridized carbons (Fsp3) is 0.244. The van der Waals surface area contributed by atoms with E-state index in [1.165, 1.54) is 31.4 Å². The molecular weight excluding hydrogens is 765 g/mol. The highest BCUT2D eigenvalue weighted by Crippen LogP contribution is 2.57. The average molecular weight is 809 g/mol. The Labute approximate surface area is 346 Å². The SMILES string of the molecule is COc1nc(Nc2ccc(C(CCN(C(C)C)C(C)C)(C(N)=O)c3ccccn3)cc2)nc(Nc2ccc3c(c2)C(=O)OC32c3ccc(O)cc3Oc3cc(O)ccc32)n1. The lowest BCUT2D eigenvalue weighted by atomic mass is 9.73. The summed E-state index contributed by atoms with van der Waals surface area (Å²) < 4.78 is 17.7. The van der Waals surface area contributed by atoms with Crippen LogP contribution in [0.2, 0.25) is 0 Å². The van der Waals surface area contributed by atoms with Gasteiger partial charge in [-0.1, -0.05) is 24.3 Å². The van der Waals surface area contributed by atoms with Crippen LogP contribution in [0.1, 0.15) is 72.4 Å². The van der Waals surface area contributed by atoms with Gasteiger partial charge < -0.3 is 40.8 Å². The molecule has 0 saturated carbocycles. The highest BCUT2D eigenvalue weighted by Gasteiger charge is 2.54. The second kappa shape index (κ2) is 15.5. The summed E-state index contributed by atoms with van der Waals surface area (Å²) in [6, 6.07) is 27.7. The van der Waals surface area contributed by atoms with Gasteiger partial charge in [-0.2, -0.15) is 15.0 Å². The molecule has 2 aromatic heterocycles. The molecule has 1 amide bonds. The van der Waals surface area contributed by atoms with E-state index in [1.54, 1.807) is 36.5 Å². The minimum Gasteiger partial charge on any atom is -0.508 e. The topological polar surface area (TPSA) is 207 Å². The fourth-order valence-corrected chi connectivity index (χ4v) is 8.28. The number of carbonyl (C=O) groups is 2. The second-order valence-electron chi connectivity index (χ2n) is 15.3. The molecule has 1 unspecified atom stereocenters. The Morgan fingerprint density at radius 1 is 0.817 bits per heavy atom. The molecule has 0 aliphatic carbocycles. The molecule has 1 atom stereocenters. The Hall–Kier alpha value is -7.26. The van der Waals surface area contributed by atoms with Gasteiger partial charge in [0.05, 0.1) is 18.4 Å². The van der Waals surface area contributed by atoms with Crippen LogP contribution in [0.25, 0.3) is 0 Å². The van der Waals surface area contributed by atoms with Gasteiger partial charge in [0.1, 0.15) is 28.4 Å². The number of hydrogen-bond acceptors (Lipinski definition) is 14. The van der Waals surface area contributed by atoms with Crippen molar-refractivity contribution in [3.63, 3.8) is 0 Å². The van der Waals surface area contributed by atoms with E-state index in [0.717, 1.165) is 0 Å². The van der Waals surface area contributed by atoms with E-state index in [4.69, 9.17) is 19.9 Å². The van der Waals surface area contributed by atoms with Crippen LogP contribution < -0.4 is 25.8 Å². The number of ether oxygens (including phenoxy) is 3. The number of nitrogens with zero attached hydrogens (tertiary/aromatic N) is 5. The van der Waals surface area contributed by atoms with Crippen LogP contribution >= 0.6 is 0 Å². The number of anilines is 4. The van der Waals surface area contributed by atoms with Gasteiger partial charge in [0.15, 0.2) is 5.60 Å². The lowest BCUT2D eigenvalue weighted by Gasteiger charge is -2.36. The Morgan fingerprint density at radius 3 is 1.98 bits per heavy atom.